The van der Waals surface area contributed by atoms with Crippen LogP contribution in [-0.4, -0.2) is 16.8 Å². The summed E-state index contributed by atoms with van der Waals surface area (Å²) in [7, 11) is 0. The Hall–Kier alpha value is -1.26. The number of hydrogen-bond donors (Lipinski definition) is 2. The number of carbonyl (C=O) groups is 2. The van der Waals surface area contributed by atoms with Crippen LogP contribution < -0.4 is 10.6 Å². The predicted octanol–water partition coefficient (Wildman–Crippen LogP) is 4.51. The number of hydrogen-bond acceptors (Lipinski definition) is 2. The maximum Gasteiger partial charge on any atom is 0.318 e. The molecule has 0 saturated heterocycles. The topological polar surface area (TPSA) is 58.2 Å². The van der Waals surface area contributed by atoms with E-state index in [1.807, 2.05) is 24.3 Å². The second kappa shape index (κ2) is 7.66. The molecular weight excluding hydrogens is 311 g/mol. The van der Waals surface area contributed by atoms with E-state index in [0.717, 1.165) is 32.1 Å². The molecule has 0 aromatic heterocycles. The summed E-state index contributed by atoms with van der Waals surface area (Å²) >= 11 is 10.6. The molecule has 6 heteroatoms. The van der Waals surface area contributed by atoms with Gasteiger partial charge in [0.2, 0.25) is 0 Å². The molecule has 0 spiro atoms. The summed E-state index contributed by atoms with van der Waals surface area (Å²) < 4.78 is 0. The first kappa shape index (κ1) is 16.1. The molecule has 2 amide bonds. The van der Waals surface area contributed by atoms with E-state index in [0.29, 0.717) is 11.6 Å². The van der Waals surface area contributed by atoms with Gasteiger partial charge in [-0.25, -0.2) is 0 Å². The van der Waals surface area contributed by atoms with Crippen LogP contribution in [0.1, 0.15) is 31.2 Å². The zero-order valence-corrected chi connectivity index (χ0v) is 13.1. The zero-order chi connectivity index (χ0) is 15.2. The monoisotopic (exact) mass is 328 g/mol. The lowest BCUT2D eigenvalue weighted by Crippen LogP contribution is -2.35. The molecule has 2 N–H and O–H groups in total. The molecule has 2 rings (SSSR count). The minimum absolute atomic E-state index is 0.215. The van der Waals surface area contributed by atoms with Crippen molar-refractivity contribution in [2.45, 2.75) is 38.1 Å². The molecule has 0 radical (unpaired) electrons. The van der Waals surface area contributed by atoms with Crippen LogP contribution in [0, 0.1) is 5.92 Å². The van der Waals surface area contributed by atoms with Crippen molar-refractivity contribution in [3.05, 3.63) is 29.8 Å². The molecule has 4 nitrogen and oxygen atoms in total. The quantitative estimate of drug-likeness (QED) is 0.631. The van der Waals surface area contributed by atoms with Gasteiger partial charge >= 0.3 is 10.7 Å². The van der Waals surface area contributed by atoms with E-state index in [1.165, 1.54) is 5.56 Å². The van der Waals surface area contributed by atoms with Gasteiger partial charge in [-0.2, -0.15) is 0 Å². The number of carbonyl (C=O) groups excluding carboxylic acids is 2. The Labute approximate surface area is 134 Å². The van der Waals surface area contributed by atoms with Gasteiger partial charge in [-0.05, 0) is 78.9 Å². The highest BCUT2D eigenvalue weighted by atomic mass is 35.5. The molecule has 1 saturated carbocycles. The molecule has 0 unspecified atom stereocenters. The summed E-state index contributed by atoms with van der Waals surface area (Å²) in [6.45, 7) is 0. The van der Waals surface area contributed by atoms with Crippen LogP contribution in [0.3, 0.4) is 0 Å². The van der Waals surface area contributed by atoms with E-state index in [1.54, 1.807) is 0 Å². The van der Waals surface area contributed by atoms with Gasteiger partial charge in [-0.1, -0.05) is 12.1 Å². The fourth-order valence-corrected chi connectivity index (χ4v) is 3.11. The third-order valence-electron chi connectivity index (χ3n) is 3.89. The van der Waals surface area contributed by atoms with E-state index in [4.69, 9.17) is 23.2 Å². The Morgan fingerprint density at radius 2 is 1.62 bits per heavy atom. The molecule has 1 fully saturated rings. The number of anilines is 1. The van der Waals surface area contributed by atoms with E-state index >= 15 is 0 Å². The van der Waals surface area contributed by atoms with Gasteiger partial charge in [0.15, 0.2) is 0 Å². The third-order valence-corrected chi connectivity index (χ3v) is 4.09. The third kappa shape index (κ3) is 5.56. The van der Waals surface area contributed by atoms with Gasteiger partial charge < -0.3 is 10.6 Å². The second-order valence-corrected chi connectivity index (χ2v) is 6.12. The molecule has 21 heavy (non-hydrogen) atoms. The fourth-order valence-electron chi connectivity index (χ4n) is 2.84. The van der Waals surface area contributed by atoms with Crippen molar-refractivity contribution in [3.63, 3.8) is 0 Å². The molecule has 114 valence electrons. The SMILES string of the molecule is O=C(Cl)Nc1ccc(CC2CCC(NC(=O)Cl)CC2)cc1. The van der Waals surface area contributed by atoms with Gasteiger partial charge in [0.05, 0.1) is 0 Å². The van der Waals surface area contributed by atoms with Crippen molar-refractivity contribution in [1.82, 2.24) is 5.32 Å². The Morgan fingerprint density at radius 3 is 2.14 bits per heavy atom. The van der Waals surface area contributed by atoms with Crippen molar-refractivity contribution in [2.75, 3.05) is 5.32 Å². The molecule has 0 atom stereocenters. The molecule has 0 aliphatic heterocycles. The first-order chi connectivity index (χ1) is 10.0. The molecule has 1 aliphatic carbocycles. The van der Waals surface area contributed by atoms with Crippen LogP contribution in [0.5, 0.6) is 0 Å². The zero-order valence-electron chi connectivity index (χ0n) is 11.6. The van der Waals surface area contributed by atoms with E-state index in [9.17, 15) is 9.59 Å². The standard InChI is InChI=1S/C15H18Cl2N2O2/c16-14(20)18-12-5-1-10(2-6-12)9-11-3-7-13(8-4-11)19-15(17)21/h1-2,5-6,11,13H,3-4,7-9H2,(H,18,20)(H,19,21). The van der Waals surface area contributed by atoms with Crippen LogP contribution in [0.4, 0.5) is 15.3 Å². The summed E-state index contributed by atoms with van der Waals surface area (Å²) in [5.74, 6) is 0.627. The number of halogens is 2. The average Bonchev–Trinajstić information content (AvgIpc) is 2.42. The van der Waals surface area contributed by atoms with E-state index in [2.05, 4.69) is 10.6 Å². The van der Waals surface area contributed by atoms with Crippen molar-refractivity contribution < 1.29 is 9.59 Å². The highest BCUT2D eigenvalue weighted by Gasteiger charge is 2.22. The number of nitrogens with one attached hydrogen (secondary N) is 2. The second-order valence-electron chi connectivity index (χ2n) is 5.44. The summed E-state index contributed by atoms with van der Waals surface area (Å²) in [5, 5.41) is 4.26. The first-order valence-electron chi connectivity index (χ1n) is 7.04. The van der Waals surface area contributed by atoms with Gasteiger partial charge in [-0.3, -0.25) is 9.59 Å². The summed E-state index contributed by atoms with van der Waals surface area (Å²) in [5.41, 5.74) is 1.94. The molecule has 1 aromatic rings. The van der Waals surface area contributed by atoms with Crippen LogP contribution in [0.25, 0.3) is 0 Å². The minimum Gasteiger partial charge on any atom is -0.340 e. The first-order valence-corrected chi connectivity index (χ1v) is 7.80. The Morgan fingerprint density at radius 1 is 1.00 bits per heavy atom. The summed E-state index contributed by atoms with van der Waals surface area (Å²) in [6, 6.07) is 7.95. The van der Waals surface area contributed by atoms with Crippen molar-refractivity contribution in [2.24, 2.45) is 5.92 Å². The summed E-state index contributed by atoms with van der Waals surface area (Å²) in [6.07, 6.45) is 5.13. The van der Waals surface area contributed by atoms with Crippen molar-refractivity contribution in [1.29, 1.82) is 0 Å². The maximum absolute atomic E-state index is 10.8. The average molecular weight is 329 g/mol. The lowest BCUT2D eigenvalue weighted by atomic mass is 9.82. The minimum atomic E-state index is -0.581. The Kier molecular flexibility index (Phi) is 5.88. The molecule has 1 aromatic carbocycles. The van der Waals surface area contributed by atoms with E-state index < -0.39 is 10.7 Å². The lowest BCUT2D eigenvalue weighted by Gasteiger charge is -2.28. The van der Waals surface area contributed by atoms with Gasteiger partial charge in [-0.15, -0.1) is 0 Å². The van der Waals surface area contributed by atoms with E-state index in [-0.39, 0.29) is 6.04 Å². The normalized spacial score (nSPS) is 21.6. The number of amides is 2. The smallest absolute Gasteiger partial charge is 0.318 e. The Bertz CT molecular complexity index is 497. The van der Waals surface area contributed by atoms with Crippen LogP contribution >= 0.6 is 23.2 Å². The predicted molar refractivity (Wildman–Crippen MR) is 85.1 cm³/mol. The van der Waals surface area contributed by atoms with Gasteiger partial charge in [0, 0.05) is 11.7 Å². The number of benzene rings is 1. The molecular formula is C15H18Cl2N2O2. The highest BCUT2D eigenvalue weighted by Crippen LogP contribution is 2.28. The van der Waals surface area contributed by atoms with Crippen LogP contribution in [-0.2, 0) is 6.42 Å². The largest absolute Gasteiger partial charge is 0.340 e. The summed E-state index contributed by atoms with van der Waals surface area (Å²) in [4.78, 5) is 21.5. The highest BCUT2D eigenvalue weighted by molar-refractivity contribution is 6.65. The van der Waals surface area contributed by atoms with Crippen LogP contribution in [0.15, 0.2) is 24.3 Å². The fraction of sp³-hybridized carbons (Fsp3) is 0.467. The maximum atomic E-state index is 10.8. The van der Waals surface area contributed by atoms with Crippen molar-refractivity contribution in [3.8, 4) is 0 Å². The van der Waals surface area contributed by atoms with Gasteiger partial charge in [0.25, 0.3) is 0 Å². The van der Waals surface area contributed by atoms with Crippen LogP contribution in [0.2, 0.25) is 0 Å². The van der Waals surface area contributed by atoms with Gasteiger partial charge in [0.1, 0.15) is 0 Å². The number of rotatable bonds is 4. The Balaban J connectivity index is 1.80. The lowest BCUT2D eigenvalue weighted by molar-refractivity contribution is 0.245. The molecule has 0 heterocycles. The molecule has 1 aliphatic rings. The van der Waals surface area contributed by atoms with Crippen molar-refractivity contribution >= 4 is 39.6 Å². The molecule has 0 bridgehead atoms.